The average molecular weight is 394 g/mol. The second kappa shape index (κ2) is 9.87. The molecule has 27 heavy (non-hydrogen) atoms. The molecule has 2 aliphatic rings. The second-order valence-electron chi connectivity index (χ2n) is 7.79. The van der Waals surface area contributed by atoms with E-state index in [2.05, 4.69) is 15.5 Å². The summed E-state index contributed by atoms with van der Waals surface area (Å²) < 4.78 is 5.53. The Hall–Kier alpha value is -1.14. The monoisotopic (exact) mass is 393 g/mol. The van der Waals surface area contributed by atoms with Crippen LogP contribution in [-0.2, 0) is 9.53 Å². The molecule has 1 amide bonds. The van der Waals surface area contributed by atoms with Gasteiger partial charge in [-0.15, -0.1) is 0 Å². The van der Waals surface area contributed by atoms with Crippen LogP contribution in [0, 0.1) is 0 Å². The molecule has 1 saturated carbocycles. The predicted octanol–water partition coefficient (Wildman–Crippen LogP) is 3.14. The number of hydrogen-bond donors (Lipinski definition) is 2. The summed E-state index contributed by atoms with van der Waals surface area (Å²) in [5, 5.41) is 7.21. The summed E-state index contributed by atoms with van der Waals surface area (Å²) in [6, 6.07) is 7.79. The van der Waals surface area contributed by atoms with Gasteiger partial charge in [-0.1, -0.05) is 49.1 Å². The van der Waals surface area contributed by atoms with Gasteiger partial charge in [0.05, 0.1) is 19.8 Å². The first-order chi connectivity index (χ1) is 13.1. The molecule has 1 aromatic rings. The minimum atomic E-state index is 0.0346. The van der Waals surface area contributed by atoms with Gasteiger partial charge in [0, 0.05) is 36.2 Å². The summed E-state index contributed by atoms with van der Waals surface area (Å²) in [5.74, 6) is 0.0483. The molecule has 1 aromatic carbocycles. The van der Waals surface area contributed by atoms with E-state index in [0.717, 1.165) is 56.3 Å². The van der Waals surface area contributed by atoms with Crippen molar-refractivity contribution in [2.45, 2.75) is 50.6 Å². The summed E-state index contributed by atoms with van der Waals surface area (Å²) in [4.78, 5) is 15.0. The Balaban J connectivity index is 1.51. The molecule has 0 bridgehead atoms. The Morgan fingerprint density at radius 2 is 1.93 bits per heavy atom. The van der Waals surface area contributed by atoms with Crippen molar-refractivity contribution in [3.63, 3.8) is 0 Å². The standard InChI is InChI=1S/C21H32ClN3O2/c1-17(18-7-3-4-8-19(18)22)23-15-20(26)24-16-21(9-5-2-6-10-21)25-11-13-27-14-12-25/h3-4,7-8,17,23H,2,5-6,9-16H2,1H3,(H,24,26)/t17-/m0/s1. The van der Waals surface area contributed by atoms with E-state index >= 15 is 0 Å². The predicted molar refractivity (Wildman–Crippen MR) is 109 cm³/mol. The van der Waals surface area contributed by atoms with Crippen LogP contribution in [0.4, 0.5) is 0 Å². The third-order valence-corrected chi connectivity index (χ3v) is 6.37. The van der Waals surface area contributed by atoms with E-state index in [1.54, 1.807) is 0 Å². The normalized spacial score (nSPS) is 21.6. The zero-order valence-corrected chi connectivity index (χ0v) is 17.1. The van der Waals surface area contributed by atoms with Gasteiger partial charge in [-0.05, 0) is 31.4 Å². The third-order valence-electron chi connectivity index (χ3n) is 6.02. The molecule has 0 unspecified atom stereocenters. The van der Waals surface area contributed by atoms with Gasteiger partial charge in [0.15, 0.2) is 0 Å². The quantitative estimate of drug-likeness (QED) is 0.747. The number of nitrogens with zero attached hydrogens (tertiary/aromatic N) is 1. The molecule has 5 nitrogen and oxygen atoms in total. The Labute approximate surface area is 167 Å². The number of carbonyl (C=O) groups is 1. The number of carbonyl (C=O) groups excluding carboxylic acids is 1. The SMILES string of the molecule is C[C@H](NCC(=O)NCC1(N2CCOCC2)CCCCC1)c1ccccc1Cl. The first-order valence-corrected chi connectivity index (χ1v) is 10.6. The summed E-state index contributed by atoms with van der Waals surface area (Å²) in [6.45, 7) is 6.60. The first kappa shape index (κ1) is 20.6. The highest BCUT2D eigenvalue weighted by Crippen LogP contribution is 2.33. The number of halogens is 1. The Bertz CT molecular complexity index is 613. The van der Waals surface area contributed by atoms with Gasteiger partial charge in [-0.2, -0.15) is 0 Å². The number of morpholine rings is 1. The Morgan fingerprint density at radius 3 is 2.63 bits per heavy atom. The molecule has 1 aliphatic carbocycles. The molecule has 150 valence electrons. The lowest BCUT2D eigenvalue weighted by Crippen LogP contribution is -2.60. The largest absolute Gasteiger partial charge is 0.379 e. The zero-order chi connectivity index (χ0) is 19.1. The van der Waals surface area contributed by atoms with Gasteiger partial charge in [0.2, 0.25) is 5.91 Å². The van der Waals surface area contributed by atoms with Crippen molar-refractivity contribution in [1.29, 1.82) is 0 Å². The Kier molecular flexibility index (Phi) is 7.53. The fraction of sp³-hybridized carbons (Fsp3) is 0.667. The number of amides is 1. The lowest BCUT2D eigenvalue weighted by atomic mass is 9.79. The van der Waals surface area contributed by atoms with E-state index in [-0.39, 0.29) is 17.5 Å². The molecular formula is C21H32ClN3O2. The fourth-order valence-electron chi connectivity index (χ4n) is 4.36. The maximum Gasteiger partial charge on any atom is 0.234 e. The van der Waals surface area contributed by atoms with Crippen molar-refractivity contribution in [2.75, 3.05) is 39.4 Å². The molecule has 0 spiro atoms. The second-order valence-corrected chi connectivity index (χ2v) is 8.19. The van der Waals surface area contributed by atoms with Crippen molar-refractivity contribution in [2.24, 2.45) is 0 Å². The average Bonchev–Trinajstić information content (AvgIpc) is 2.72. The van der Waals surface area contributed by atoms with Crippen LogP contribution in [0.15, 0.2) is 24.3 Å². The number of benzene rings is 1. The van der Waals surface area contributed by atoms with E-state index < -0.39 is 0 Å². The first-order valence-electron chi connectivity index (χ1n) is 10.2. The van der Waals surface area contributed by atoms with Crippen LogP contribution in [-0.4, -0.2) is 55.7 Å². The lowest BCUT2D eigenvalue weighted by Gasteiger charge is -2.48. The van der Waals surface area contributed by atoms with Crippen molar-refractivity contribution < 1.29 is 9.53 Å². The van der Waals surface area contributed by atoms with Crippen LogP contribution in [0.3, 0.4) is 0 Å². The molecule has 2 N–H and O–H groups in total. The molecular weight excluding hydrogens is 362 g/mol. The minimum absolute atomic E-state index is 0.0346. The summed E-state index contributed by atoms with van der Waals surface area (Å²) in [5.41, 5.74) is 1.12. The fourth-order valence-corrected chi connectivity index (χ4v) is 4.66. The molecule has 3 rings (SSSR count). The van der Waals surface area contributed by atoms with Gasteiger partial charge in [-0.3, -0.25) is 9.69 Å². The van der Waals surface area contributed by atoms with Crippen LogP contribution < -0.4 is 10.6 Å². The maximum atomic E-state index is 12.5. The number of hydrogen-bond acceptors (Lipinski definition) is 4. The van der Waals surface area contributed by atoms with Crippen molar-refractivity contribution in [1.82, 2.24) is 15.5 Å². The highest BCUT2D eigenvalue weighted by atomic mass is 35.5. The number of rotatable bonds is 7. The van der Waals surface area contributed by atoms with Crippen molar-refractivity contribution in [3.8, 4) is 0 Å². The van der Waals surface area contributed by atoms with Gasteiger partial charge in [0.25, 0.3) is 0 Å². The summed E-state index contributed by atoms with van der Waals surface area (Å²) >= 11 is 6.25. The van der Waals surface area contributed by atoms with Crippen molar-refractivity contribution in [3.05, 3.63) is 34.9 Å². The van der Waals surface area contributed by atoms with Crippen LogP contribution in [0.2, 0.25) is 5.02 Å². The zero-order valence-electron chi connectivity index (χ0n) is 16.3. The smallest absolute Gasteiger partial charge is 0.234 e. The lowest BCUT2D eigenvalue weighted by molar-refractivity contribution is -0.121. The topological polar surface area (TPSA) is 53.6 Å². The molecule has 1 atom stereocenters. The van der Waals surface area contributed by atoms with Gasteiger partial charge < -0.3 is 15.4 Å². The van der Waals surface area contributed by atoms with Crippen LogP contribution in [0.5, 0.6) is 0 Å². The molecule has 0 radical (unpaired) electrons. The highest BCUT2D eigenvalue weighted by molar-refractivity contribution is 6.31. The van der Waals surface area contributed by atoms with E-state index in [1.807, 2.05) is 31.2 Å². The molecule has 1 heterocycles. The van der Waals surface area contributed by atoms with E-state index in [0.29, 0.717) is 6.54 Å². The molecule has 2 fully saturated rings. The van der Waals surface area contributed by atoms with Crippen molar-refractivity contribution >= 4 is 17.5 Å². The van der Waals surface area contributed by atoms with Crippen LogP contribution >= 0.6 is 11.6 Å². The van der Waals surface area contributed by atoms with Crippen LogP contribution in [0.1, 0.15) is 50.6 Å². The van der Waals surface area contributed by atoms with Gasteiger partial charge in [0.1, 0.15) is 0 Å². The molecule has 0 aromatic heterocycles. The number of ether oxygens (including phenoxy) is 1. The molecule has 1 saturated heterocycles. The maximum absolute atomic E-state index is 12.5. The summed E-state index contributed by atoms with van der Waals surface area (Å²) in [6.07, 6.45) is 6.12. The van der Waals surface area contributed by atoms with E-state index in [1.165, 1.54) is 19.3 Å². The highest BCUT2D eigenvalue weighted by Gasteiger charge is 2.38. The minimum Gasteiger partial charge on any atom is -0.379 e. The Morgan fingerprint density at radius 1 is 1.22 bits per heavy atom. The van der Waals surface area contributed by atoms with Gasteiger partial charge >= 0.3 is 0 Å². The summed E-state index contributed by atoms with van der Waals surface area (Å²) in [7, 11) is 0. The van der Waals surface area contributed by atoms with E-state index in [4.69, 9.17) is 16.3 Å². The number of nitrogens with one attached hydrogen (secondary N) is 2. The molecule has 1 aliphatic heterocycles. The van der Waals surface area contributed by atoms with Crippen LogP contribution in [0.25, 0.3) is 0 Å². The molecule has 6 heteroatoms. The van der Waals surface area contributed by atoms with Gasteiger partial charge in [-0.25, -0.2) is 0 Å². The third kappa shape index (κ3) is 5.44. The van der Waals surface area contributed by atoms with E-state index in [9.17, 15) is 4.79 Å².